The lowest BCUT2D eigenvalue weighted by Crippen LogP contribution is -2.15. The lowest BCUT2D eigenvalue weighted by atomic mass is 10.1. The molecular formula is C18H15ClN2O. The molecule has 0 radical (unpaired) electrons. The summed E-state index contributed by atoms with van der Waals surface area (Å²) in [5.74, 6) is -0.107. The van der Waals surface area contributed by atoms with Crippen molar-refractivity contribution >= 4 is 34.1 Å². The van der Waals surface area contributed by atoms with Crippen LogP contribution >= 0.6 is 11.6 Å². The molecule has 1 amide bonds. The first-order chi connectivity index (χ1) is 10.6. The molecule has 0 atom stereocenters. The zero-order chi connectivity index (χ0) is 15.5. The lowest BCUT2D eigenvalue weighted by molar-refractivity contribution is -0.115. The van der Waals surface area contributed by atoms with Gasteiger partial charge in [0.1, 0.15) is 0 Å². The van der Waals surface area contributed by atoms with Crippen LogP contribution in [0.4, 0.5) is 5.69 Å². The maximum Gasteiger partial charge on any atom is 0.228 e. The molecule has 0 saturated heterocycles. The Morgan fingerprint density at radius 1 is 1.18 bits per heavy atom. The van der Waals surface area contributed by atoms with E-state index in [0.717, 1.165) is 22.0 Å². The fourth-order valence-electron chi connectivity index (χ4n) is 2.40. The molecule has 1 heterocycles. The third-order valence-electron chi connectivity index (χ3n) is 3.47. The van der Waals surface area contributed by atoms with Crippen molar-refractivity contribution in [1.29, 1.82) is 0 Å². The summed E-state index contributed by atoms with van der Waals surface area (Å²) in [4.78, 5) is 16.6. The van der Waals surface area contributed by atoms with Gasteiger partial charge in [0.25, 0.3) is 0 Å². The van der Waals surface area contributed by atoms with Crippen LogP contribution in [0.1, 0.15) is 11.1 Å². The second-order valence-electron chi connectivity index (χ2n) is 5.20. The van der Waals surface area contributed by atoms with E-state index in [2.05, 4.69) is 10.3 Å². The average molecular weight is 311 g/mol. The molecular weight excluding hydrogens is 296 g/mol. The van der Waals surface area contributed by atoms with Crippen molar-refractivity contribution in [3.05, 3.63) is 70.9 Å². The number of halogens is 1. The number of pyridine rings is 1. The number of hydrogen-bond acceptors (Lipinski definition) is 2. The van der Waals surface area contributed by atoms with Crippen LogP contribution < -0.4 is 5.32 Å². The topological polar surface area (TPSA) is 42.0 Å². The number of benzene rings is 2. The van der Waals surface area contributed by atoms with Gasteiger partial charge in [0.2, 0.25) is 5.91 Å². The third-order valence-corrected chi connectivity index (χ3v) is 3.78. The van der Waals surface area contributed by atoms with Gasteiger partial charge in [-0.15, -0.1) is 0 Å². The van der Waals surface area contributed by atoms with Gasteiger partial charge in [-0.25, -0.2) is 0 Å². The largest absolute Gasteiger partial charge is 0.324 e. The van der Waals surface area contributed by atoms with Crippen molar-refractivity contribution in [3.63, 3.8) is 0 Å². The molecule has 4 heteroatoms. The Hall–Kier alpha value is -2.39. The highest BCUT2D eigenvalue weighted by Crippen LogP contribution is 2.23. The fraction of sp³-hybridized carbons (Fsp3) is 0.111. The predicted octanol–water partition coefficient (Wildman–Crippen LogP) is 4.38. The van der Waals surface area contributed by atoms with Gasteiger partial charge in [-0.1, -0.05) is 41.9 Å². The Kier molecular flexibility index (Phi) is 4.07. The predicted molar refractivity (Wildman–Crippen MR) is 90.3 cm³/mol. The van der Waals surface area contributed by atoms with E-state index >= 15 is 0 Å². The van der Waals surface area contributed by atoms with Crippen LogP contribution in [0.2, 0.25) is 5.02 Å². The van der Waals surface area contributed by atoms with Crippen LogP contribution in [0.25, 0.3) is 10.9 Å². The highest BCUT2D eigenvalue weighted by atomic mass is 35.5. The molecule has 0 aliphatic rings. The van der Waals surface area contributed by atoms with E-state index in [-0.39, 0.29) is 12.3 Å². The first kappa shape index (κ1) is 14.5. The van der Waals surface area contributed by atoms with Crippen molar-refractivity contribution in [2.24, 2.45) is 0 Å². The fourth-order valence-corrected chi connectivity index (χ4v) is 2.68. The third kappa shape index (κ3) is 3.10. The van der Waals surface area contributed by atoms with Gasteiger partial charge in [0.05, 0.1) is 22.6 Å². The second-order valence-corrected chi connectivity index (χ2v) is 5.61. The van der Waals surface area contributed by atoms with Gasteiger partial charge in [0, 0.05) is 11.6 Å². The van der Waals surface area contributed by atoms with Crippen LogP contribution in [0, 0.1) is 6.92 Å². The van der Waals surface area contributed by atoms with Gasteiger partial charge in [0.15, 0.2) is 0 Å². The zero-order valence-corrected chi connectivity index (χ0v) is 12.9. The van der Waals surface area contributed by atoms with Crippen LogP contribution in [-0.4, -0.2) is 10.9 Å². The Labute approximate surface area is 133 Å². The Morgan fingerprint density at radius 2 is 2.00 bits per heavy atom. The highest BCUT2D eigenvalue weighted by molar-refractivity contribution is 6.33. The summed E-state index contributed by atoms with van der Waals surface area (Å²) in [6, 6.07) is 15.3. The number of anilines is 1. The molecule has 0 aliphatic heterocycles. The molecule has 3 aromatic rings. The van der Waals surface area contributed by atoms with Crippen molar-refractivity contribution in [1.82, 2.24) is 4.98 Å². The molecule has 0 spiro atoms. The van der Waals surface area contributed by atoms with E-state index < -0.39 is 0 Å². The number of fused-ring (bicyclic) bond motifs is 1. The zero-order valence-electron chi connectivity index (χ0n) is 12.1. The van der Waals surface area contributed by atoms with Crippen LogP contribution in [0.5, 0.6) is 0 Å². The summed E-state index contributed by atoms with van der Waals surface area (Å²) in [5.41, 5.74) is 3.45. The van der Waals surface area contributed by atoms with Crippen molar-refractivity contribution in [3.8, 4) is 0 Å². The van der Waals surface area contributed by atoms with Crippen molar-refractivity contribution in [2.75, 3.05) is 5.32 Å². The van der Waals surface area contributed by atoms with Gasteiger partial charge in [-0.3, -0.25) is 9.78 Å². The molecule has 0 saturated carbocycles. The molecule has 1 aromatic heterocycles. The van der Waals surface area contributed by atoms with E-state index in [1.165, 1.54) is 0 Å². The van der Waals surface area contributed by atoms with E-state index in [4.69, 9.17) is 11.6 Å². The maximum absolute atomic E-state index is 12.3. The maximum atomic E-state index is 12.3. The quantitative estimate of drug-likeness (QED) is 0.780. The first-order valence-electron chi connectivity index (χ1n) is 7.02. The number of para-hydroxylation sites is 1. The summed E-state index contributed by atoms with van der Waals surface area (Å²) in [6.07, 6.45) is 2.00. The van der Waals surface area contributed by atoms with E-state index in [1.807, 2.05) is 55.5 Å². The number of nitrogens with one attached hydrogen (secondary N) is 1. The van der Waals surface area contributed by atoms with Crippen LogP contribution in [0.15, 0.2) is 54.7 Å². The summed E-state index contributed by atoms with van der Waals surface area (Å²) < 4.78 is 0. The molecule has 0 aliphatic carbocycles. The normalized spacial score (nSPS) is 10.6. The van der Waals surface area contributed by atoms with Crippen molar-refractivity contribution < 1.29 is 4.79 Å². The van der Waals surface area contributed by atoms with Crippen molar-refractivity contribution in [2.45, 2.75) is 13.3 Å². The number of aryl methyl sites for hydroxylation is 1. The average Bonchev–Trinajstić information content (AvgIpc) is 2.50. The summed E-state index contributed by atoms with van der Waals surface area (Å²) >= 11 is 6.14. The number of hydrogen-bond donors (Lipinski definition) is 1. The Bertz CT molecular complexity index is 840. The van der Waals surface area contributed by atoms with Gasteiger partial charge in [-0.2, -0.15) is 0 Å². The van der Waals surface area contributed by atoms with Gasteiger partial charge < -0.3 is 5.32 Å². The SMILES string of the molecule is Cc1ccc(NC(=O)Cc2cccc3cccnc23)c(Cl)c1. The van der Waals surface area contributed by atoms with E-state index in [9.17, 15) is 4.79 Å². The molecule has 2 aromatic carbocycles. The minimum atomic E-state index is -0.107. The number of aromatic nitrogens is 1. The molecule has 1 N–H and O–H groups in total. The summed E-state index contributed by atoms with van der Waals surface area (Å²) in [7, 11) is 0. The van der Waals surface area contributed by atoms with Gasteiger partial charge in [-0.05, 0) is 36.2 Å². The number of carbonyl (C=O) groups excluding carboxylic acids is 1. The molecule has 110 valence electrons. The molecule has 3 rings (SSSR count). The monoisotopic (exact) mass is 310 g/mol. The molecule has 0 bridgehead atoms. The van der Waals surface area contributed by atoms with Crippen LogP contribution in [0.3, 0.4) is 0 Å². The smallest absolute Gasteiger partial charge is 0.228 e. The lowest BCUT2D eigenvalue weighted by Gasteiger charge is -2.09. The number of carbonyl (C=O) groups is 1. The molecule has 22 heavy (non-hydrogen) atoms. The first-order valence-corrected chi connectivity index (χ1v) is 7.40. The second kappa shape index (κ2) is 6.16. The summed E-state index contributed by atoms with van der Waals surface area (Å²) in [6.45, 7) is 1.96. The standard InChI is InChI=1S/C18H15ClN2O/c1-12-7-8-16(15(19)10-12)21-17(22)11-14-5-2-4-13-6-3-9-20-18(13)14/h2-10H,11H2,1H3,(H,21,22). The Morgan fingerprint density at radius 3 is 2.82 bits per heavy atom. The molecule has 0 unspecified atom stereocenters. The minimum Gasteiger partial charge on any atom is -0.324 e. The highest BCUT2D eigenvalue weighted by Gasteiger charge is 2.10. The van der Waals surface area contributed by atoms with E-state index in [1.54, 1.807) is 6.20 Å². The van der Waals surface area contributed by atoms with Crippen LogP contribution in [-0.2, 0) is 11.2 Å². The van der Waals surface area contributed by atoms with E-state index in [0.29, 0.717) is 10.7 Å². The molecule has 0 fully saturated rings. The minimum absolute atomic E-state index is 0.107. The molecule has 3 nitrogen and oxygen atoms in total. The number of rotatable bonds is 3. The van der Waals surface area contributed by atoms with Gasteiger partial charge >= 0.3 is 0 Å². The number of nitrogens with zero attached hydrogens (tertiary/aromatic N) is 1. The number of amides is 1. The summed E-state index contributed by atoms with van der Waals surface area (Å²) in [5, 5.41) is 4.43. The Balaban J connectivity index is 1.81.